The van der Waals surface area contributed by atoms with E-state index >= 15 is 0 Å². The van der Waals surface area contributed by atoms with Crippen LogP contribution in [-0.2, 0) is 0 Å². The molecule has 1 fully saturated rings. The van der Waals surface area contributed by atoms with E-state index in [0.717, 1.165) is 0 Å². The van der Waals surface area contributed by atoms with Gasteiger partial charge in [0.05, 0.1) is 12.6 Å². The van der Waals surface area contributed by atoms with Crippen molar-refractivity contribution in [2.45, 2.75) is 24.8 Å². The minimum atomic E-state index is -1.75. The van der Waals surface area contributed by atoms with Crippen LogP contribution in [0, 0.1) is 5.82 Å². The predicted molar refractivity (Wildman–Crippen MR) is 110 cm³/mol. The first-order valence-corrected chi connectivity index (χ1v) is 10.3. The van der Waals surface area contributed by atoms with Crippen molar-refractivity contribution in [1.29, 1.82) is 0 Å². The Morgan fingerprint density at radius 2 is 2.00 bits per heavy atom. The quantitative estimate of drug-likeness (QED) is 0.608. The Balaban J connectivity index is 1.70. The Bertz CT molecular complexity index is 1040. The number of fused-ring (bicyclic) bond motifs is 1. The second kappa shape index (κ2) is 8.11. The molecule has 1 unspecified atom stereocenters. The topological polar surface area (TPSA) is 61.4 Å². The Morgan fingerprint density at radius 1 is 1.23 bits per heavy atom. The van der Waals surface area contributed by atoms with E-state index in [1.54, 1.807) is 12.1 Å². The smallest absolute Gasteiger partial charge is 0.321 e. The number of alkyl halides is 2. The van der Waals surface area contributed by atoms with Crippen LogP contribution in [0.2, 0.25) is 5.02 Å². The SMILES string of the molecule is O=C1NC(c2cc(F)ccc2Cl)c2c(NC(=O)N3CC[C@H](F)[C@@H](F)C3)cc(Br)cc21. The van der Waals surface area contributed by atoms with Gasteiger partial charge in [-0.3, -0.25) is 4.79 Å². The average molecular weight is 503 g/mol. The number of hydrogen-bond donors (Lipinski definition) is 2. The molecule has 0 saturated carbocycles. The summed E-state index contributed by atoms with van der Waals surface area (Å²) in [4.78, 5) is 26.4. The zero-order valence-corrected chi connectivity index (χ0v) is 17.7. The maximum absolute atomic E-state index is 13.8. The lowest BCUT2D eigenvalue weighted by atomic mass is 9.96. The van der Waals surface area contributed by atoms with Gasteiger partial charge in [0.15, 0.2) is 0 Å². The van der Waals surface area contributed by atoms with Crippen molar-refractivity contribution in [3.8, 4) is 0 Å². The lowest BCUT2D eigenvalue weighted by Gasteiger charge is -2.31. The third kappa shape index (κ3) is 3.88. The number of urea groups is 1. The lowest BCUT2D eigenvalue weighted by molar-refractivity contribution is 0.0777. The van der Waals surface area contributed by atoms with Crippen LogP contribution >= 0.6 is 27.5 Å². The molecule has 2 aliphatic rings. The van der Waals surface area contributed by atoms with Crippen LogP contribution in [0.3, 0.4) is 0 Å². The zero-order valence-electron chi connectivity index (χ0n) is 15.4. The number of benzene rings is 2. The summed E-state index contributed by atoms with van der Waals surface area (Å²) in [6.07, 6.45) is -3.43. The van der Waals surface area contributed by atoms with Gasteiger partial charge in [0.25, 0.3) is 5.91 Å². The van der Waals surface area contributed by atoms with Crippen LogP contribution in [-0.4, -0.2) is 42.3 Å². The molecular weight excluding hydrogens is 487 g/mol. The van der Waals surface area contributed by atoms with Gasteiger partial charge in [0.2, 0.25) is 0 Å². The predicted octanol–water partition coefficient (Wildman–Crippen LogP) is 4.99. The minimum Gasteiger partial charge on any atom is -0.341 e. The number of halogens is 5. The highest BCUT2D eigenvalue weighted by Gasteiger charge is 2.36. The molecule has 2 aliphatic heterocycles. The molecule has 0 aromatic heterocycles. The van der Waals surface area contributed by atoms with Crippen LogP contribution in [0.1, 0.15) is 33.9 Å². The molecule has 10 heteroatoms. The van der Waals surface area contributed by atoms with Gasteiger partial charge < -0.3 is 15.5 Å². The maximum Gasteiger partial charge on any atom is 0.321 e. The van der Waals surface area contributed by atoms with Gasteiger partial charge in [0, 0.05) is 38.4 Å². The molecular formula is C20H16BrClF3N3O2. The van der Waals surface area contributed by atoms with Crippen LogP contribution in [0.25, 0.3) is 0 Å². The van der Waals surface area contributed by atoms with Gasteiger partial charge in [-0.25, -0.2) is 18.0 Å². The van der Waals surface area contributed by atoms with E-state index in [2.05, 4.69) is 26.6 Å². The van der Waals surface area contributed by atoms with E-state index in [1.807, 2.05) is 0 Å². The Hall–Kier alpha value is -2.26. The van der Waals surface area contributed by atoms with Crippen molar-refractivity contribution in [2.75, 3.05) is 18.4 Å². The molecule has 3 amide bonds. The first kappa shape index (κ1) is 21.0. The van der Waals surface area contributed by atoms with E-state index in [9.17, 15) is 22.8 Å². The molecule has 2 aromatic carbocycles. The summed E-state index contributed by atoms with van der Waals surface area (Å²) >= 11 is 9.54. The molecule has 0 aliphatic carbocycles. The van der Waals surface area contributed by atoms with E-state index < -0.39 is 36.1 Å². The molecule has 0 spiro atoms. The highest BCUT2D eigenvalue weighted by molar-refractivity contribution is 9.10. The second-order valence-electron chi connectivity index (χ2n) is 7.18. The number of piperidine rings is 1. The number of nitrogens with zero attached hydrogens (tertiary/aromatic N) is 1. The molecule has 0 radical (unpaired) electrons. The summed E-state index contributed by atoms with van der Waals surface area (Å²) in [5.41, 5.74) is 1.33. The number of anilines is 1. The highest BCUT2D eigenvalue weighted by atomic mass is 79.9. The van der Waals surface area contributed by atoms with E-state index in [4.69, 9.17) is 11.6 Å². The summed E-state index contributed by atoms with van der Waals surface area (Å²) in [5.74, 6) is -0.933. The first-order chi connectivity index (χ1) is 14.2. The number of amides is 3. The Kier molecular flexibility index (Phi) is 5.67. The average Bonchev–Trinajstić information content (AvgIpc) is 3.02. The summed E-state index contributed by atoms with van der Waals surface area (Å²) in [6.45, 7) is -0.292. The summed E-state index contributed by atoms with van der Waals surface area (Å²) < 4.78 is 41.5. The Labute approximate surface area is 183 Å². The van der Waals surface area contributed by atoms with E-state index in [0.29, 0.717) is 15.6 Å². The third-order valence-electron chi connectivity index (χ3n) is 5.21. The molecule has 1 saturated heterocycles. The number of nitrogens with one attached hydrogen (secondary N) is 2. The van der Waals surface area contributed by atoms with Gasteiger partial charge >= 0.3 is 6.03 Å². The number of carbonyl (C=O) groups is 2. The van der Waals surface area contributed by atoms with Crippen molar-refractivity contribution in [3.05, 3.63) is 62.3 Å². The molecule has 158 valence electrons. The molecule has 5 nitrogen and oxygen atoms in total. The lowest BCUT2D eigenvalue weighted by Crippen LogP contribution is -2.47. The minimum absolute atomic E-state index is 0.0694. The van der Waals surface area contributed by atoms with Crippen molar-refractivity contribution in [1.82, 2.24) is 10.2 Å². The van der Waals surface area contributed by atoms with Crippen molar-refractivity contribution in [3.63, 3.8) is 0 Å². The Morgan fingerprint density at radius 3 is 2.73 bits per heavy atom. The van der Waals surface area contributed by atoms with Crippen LogP contribution < -0.4 is 10.6 Å². The standard InChI is InChI=1S/C20H16BrClF3N3O2/c21-9-5-12-17(18(27-19(12)29)11-7-10(23)1-2-13(11)22)16(6-9)26-20(30)28-4-3-14(24)15(25)8-28/h1-2,5-7,14-15,18H,3-4,8H2,(H,26,30)(H,27,29)/t14-,15-,18?/m0/s1. The van der Waals surface area contributed by atoms with Gasteiger partial charge in [-0.1, -0.05) is 27.5 Å². The van der Waals surface area contributed by atoms with Crippen molar-refractivity contribution >= 4 is 45.2 Å². The fraction of sp³-hybridized carbons (Fsp3) is 0.300. The van der Waals surface area contributed by atoms with Crippen LogP contribution in [0.15, 0.2) is 34.8 Å². The number of rotatable bonds is 2. The summed E-state index contributed by atoms with van der Waals surface area (Å²) in [6, 6.07) is 5.57. The number of hydrogen-bond acceptors (Lipinski definition) is 2. The normalized spacial score (nSPS) is 23.2. The fourth-order valence-electron chi connectivity index (χ4n) is 3.73. The first-order valence-electron chi connectivity index (χ1n) is 9.18. The second-order valence-corrected chi connectivity index (χ2v) is 8.51. The van der Waals surface area contributed by atoms with E-state index in [-0.39, 0.29) is 35.8 Å². The van der Waals surface area contributed by atoms with Crippen molar-refractivity contribution < 1.29 is 22.8 Å². The molecule has 0 bridgehead atoms. The number of carbonyl (C=O) groups excluding carboxylic acids is 2. The number of likely N-dealkylation sites (tertiary alicyclic amines) is 1. The molecule has 3 atom stereocenters. The monoisotopic (exact) mass is 501 g/mol. The molecule has 2 N–H and O–H groups in total. The third-order valence-corrected chi connectivity index (χ3v) is 6.02. The fourth-order valence-corrected chi connectivity index (χ4v) is 4.41. The molecule has 4 rings (SSSR count). The van der Waals surface area contributed by atoms with Gasteiger partial charge in [0.1, 0.15) is 18.2 Å². The maximum atomic E-state index is 13.8. The summed E-state index contributed by atoms with van der Waals surface area (Å²) in [7, 11) is 0. The highest BCUT2D eigenvalue weighted by Crippen LogP contribution is 2.41. The van der Waals surface area contributed by atoms with Crippen LogP contribution in [0.5, 0.6) is 0 Å². The summed E-state index contributed by atoms with van der Waals surface area (Å²) in [5, 5.41) is 5.68. The molecule has 2 aromatic rings. The zero-order chi connectivity index (χ0) is 21.6. The molecule has 30 heavy (non-hydrogen) atoms. The van der Waals surface area contributed by atoms with Gasteiger partial charge in [-0.2, -0.15) is 0 Å². The van der Waals surface area contributed by atoms with Crippen LogP contribution in [0.4, 0.5) is 23.7 Å². The van der Waals surface area contributed by atoms with E-state index in [1.165, 1.54) is 23.1 Å². The van der Waals surface area contributed by atoms with Gasteiger partial charge in [-0.15, -0.1) is 0 Å². The largest absolute Gasteiger partial charge is 0.341 e. The van der Waals surface area contributed by atoms with Crippen molar-refractivity contribution in [2.24, 2.45) is 0 Å². The molecule has 2 heterocycles. The van der Waals surface area contributed by atoms with Gasteiger partial charge in [-0.05, 0) is 36.8 Å².